The van der Waals surface area contributed by atoms with Gasteiger partial charge >= 0.3 is 0 Å². The normalized spacial score (nSPS) is 11.5. The van der Waals surface area contributed by atoms with Gasteiger partial charge in [0.1, 0.15) is 6.54 Å². The molecule has 4 aromatic rings. The van der Waals surface area contributed by atoms with E-state index in [4.69, 9.17) is 11.6 Å². The van der Waals surface area contributed by atoms with Crippen LogP contribution in [0.15, 0.2) is 113 Å². The maximum absolute atomic E-state index is 13.4. The van der Waals surface area contributed by atoms with Gasteiger partial charge in [0, 0.05) is 16.9 Å². The van der Waals surface area contributed by atoms with Crippen LogP contribution < -0.4 is 14.3 Å². The fourth-order valence-electron chi connectivity index (χ4n) is 3.33. The van der Waals surface area contributed by atoms with Crippen LogP contribution in [0.4, 0.5) is 17.1 Å². The van der Waals surface area contributed by atoms with Gasteiger partial charge in [-0.05, 0) is 72.8 Å². The summed E-state index contributed by atoms with van der Waals surface area (Å²) in [6.45, 7) is -0.516. The lowest BCUT2D eigenvalue weighted by atomic mass is 10.3. The fourth-order valence-corrected chi connectivity index (χ4v) is 5.92. The monoisotopic (exact) mass is 556 g/mol. The van der Waals surface area contributed by atoms with Crippen molar-refractivity contribution in [2.45, 2.75) is 9.79 Å². The number of sulfonamides is 2. The number of hydrogen-bond acceptors (Lipinski definition) is 6. The molecule has 0 saturated carbocycles. The minimum absolute atomic E-state index is 0.0226. The van der Waals surface area contributed by atoms with Gasteiger partial charge in [0.25, 0.3) is 20.0 Å². The first-order valence-corrected chi connectivity index (χ1v) is 14.1. The fraction of sp³-hybridized carbons (Fsp3) is 0.0400. The Hall–Kier alpha value is -3.93. The molecule has 0 radical (unpaired) electrons. The van der Waals surface area contributed by atoms with Crippen LogP contribution in [-0.2, 0) is 24.8 Å². The third-order valence-corrected chi connectivity index (χ3v) is 8.53. The van der Waals surface area contributed by atoms with Gasteiger partial charge in [-0.1, -0.05) is 29.8 Å². The van der Waals surface area contributed by atoms with Crippen LogP contribution in [0.2, 0.25) is 5.02 Å². The Morgan fingerprint density at radius 2 is 1.43 bits per heavy atom. The van der Waals surface area contributed by atoms with E-state index in [-0.39, 0.29) is 9.79 Å². The molecule has 0 spiro atoms. The summed E-state index contributed by atoms with van der Waals surface area (Å²) in [4.78, 5) is 16.7. The number of amides is 1. The van der Waals surface area contributed by atoms with Gasteiger partial charge in [-0.25, -0.2) is 16.8 Å². The van der Waals surface area contributed by atoms with Gasteiger partial charge < -0.3 is 5.32 Å². The van der Waals surface area contributed by atoms with E-state index in [1.54, 1.807) is 42.5 Å². The number of halogens is 1. The molecule has 12 heteroatoms. The summed E-state index contributed by atoms with van der Waals surface area (Å²) >= 11 is 5.90. The van der Waals surface area contributed by atoms with E-state index in [0.29, 0.717) is 22.1 Å². The Balaban J connectivity index is 1.51. The highest BCUT2D eigenvalue weighted by molar-refractivity contribution is 7.93. The van der Waals surface area contributed by atoms with Crippen LogP contribution in [0.5, 0.6) is 0 Å². The van der Waals surface area contributed by atoms with Crippen LogP contribution in [0.1, 0.15) is 0 Å². The zero-order chi connectivity index (χ0) is 26.5. The van der Waals surface area contributed by atoms with Gasteiger partial charge in [0.15, 0.2) is 0 Å². The Morgan fingerprint density at radius 1 is 0.784 bits per heavy atom. The van der Waals surface area contributed by atoms with E-state index in [9.17, 15) is 21.6 Å². The number of pyridine rings is 1. The van der Waals surface area contributed by atoms with Crippen molar-refractivity contribution in [2.24, 2.45) is 0 Å². The first kappa shape index (κ1) is 26.1. The van der Waals surface area contributed by atoms with Crippen molar-refractivity contribution in [2.75, 3.05) is 20.9 Å². The average molecular weight is 557 g/mol. The van der Waals surface area contributed by atoms with Crippen molar-refractivity contribution in [3.05, 3.63) is 108 Å². The minimum atomic E-state index is -4.09. The topological polar surface area (TPSA) is 126 Å². The molecule has 4 rings (SSSR count). The summed E-state index contributed by atoms with van der Waals surface area (Å²) in [5.41, 5.74) is 0.903. The molecule has 0 bridgehead atoms. The molecule has 37 heavy (non-hydrogen) atoms. The van der Waals surface area contributed by atoms with Crippen molar-refractivity contribution >= 4 is 54.6 Å². The van der Waals surface area contributed by atoms with Crippen molar-refractivity contribution in [3.63, 3.8) is 0 Å². The van der Waals surface area contributed by atoms with Gasteiger partial charge in [-0.3, -0.25) is 18.8 Å². The molecule has 0 fully saturated rings. The number of anilines is 3. The molecule has 0 aliphatic heterocycles. The van der Waals surface area contributed by atoms with Crippen molar-refractivity contribution in [1.82, 2.24) is 4.98 Å². The van der Waals surface area contributed by atoms with Crippen LogP contribution in [-0.4, -0.2) is 34.3 Å². The summed E-state index contributed by atoms with van der Waals surface area (Å²) in [6.07, 6.45) is 2.90. The number of para-hydroxylation sites is 1. The highest BCUT2D eigenvalue weighted by atomic mass is 35.5. The average Bonchev–Trinajstić information content (AvgIpc) is 2.88. The number of carbonyl (C=O) groups excluding carboxylic acids is 1. The summed E-state index contributed by atoms with van der Waals surface area (Å²) in [5, 5.41) is 2.99. The third-order valence-electron chi connectivity index (χ3n) is 5.10. The molecule has 2 N–H and O–H groups in total. The quantitative estimate of drug-likeness (QED) is 0.315. The molecule has 190 valence electrons. The molecule has 0 aliphatic rings. The van der Waals surface area contributed by atoms with Gasteiger partial charge in [0.2, 0.25) is 5.91 Å². The maximum atomic E-state index is 13.4. The molecule has 0 saturated heterocycles. The van der Waals surface area contributed by atoms with E-state index in [0.717, 1.165) is 4.31 Å². The standard InChI is InChI=1S/C25H21ClN4O5S2/c26-19-8-12-24(13-9-19)37(34,35)30(22-6-2-1-3-7-22)18-25(31)28-20-10-14-23(15-11-20)36(32,33)29-21-5-4-16-27-17-21/h1-17,29H,18H2,(H,28,31). The van der Waals surface area contributed by atoms with Crippen LogP contribution in [0.3, 0.4) is 0 Å². The maximum Gasteiger partial charge on any atom is 0.264 e. The lowest BCUT2D eigenvalue weighted by Gasteiger charge is -2.24. The first-order valence-electron chi connectivity index (χ1n) is 10.8. The van der Waals surface area contributed by atoms with Crippen LogP contribution in [0.25, 0.3) is 0 Å². The van der Waals surface area contributed by atoms with E-state index < -0.39 is 32.5 Å². The van der Waals surface area contributed by atoms with Crippen molar-refractivity contribution in [3.8, 4) is 0 Å². The zero-order valence-electron chi connectivity index (χ0n) is 19.2. The number of benzene rings is 3. The Kier molecular flexibility index (Phi) is 7.77. The van der Waals surface area contributed by atoms with E-state index >= 15 is 0 Å². The number of nitrogens with one attached hydrogen (secondary N) is 2. The third kappa shape index (κ3) is 6.45. The van der Waals surface area contributed by atoms with Gasteiger partial charge in [0.05, 0.1) is 27.4 Å². The van der Waals surface area contributed by atoms with Gasteiger partial charge in [-0.15, -0.1) is 0 Å². The Bertz CT molecular complexity index is 1580. The second kappa shape index (κ2) is 11.0. The van der Waals surface area contributed by atoms with Gasteiger partial charge in [-0.2, -0.15) is 0 Å². The molecule has 0 unspecified atom stereocenters. The van der Waals surface area contributed by atoms with Crippen molar-refractivity contribution < 1.29 is 21.6 Å². The van der Waals surface area contributed by atoms with Crippen molar-refractivity contribution in [1.29, 1.82) is 0 Å². The number of hydrogen-bond donors (Lipinski definition) is 2. The summed E-state index contributed by atoms with van der Waals surface area (Å²) in [6, 6.07) is 22.5. The predicted molar refractivity (Wildman–Crippen MR) is 143 cm³/mol. The Labute approximate surface area is 219 Å². The second-order valence-corrected chi connectivity index (χ2v) is 11.7. The Morgan fingerprint density at radius 3 is 2.05 bits per heavy atom. The van der Waals surface area contributed by atoms with Crippen LogP contribution in [0, 0.1) is 0 Å². The lowest BCUT2D eigenvalue weighted by molar-refractivity contribution is -0.114. The molecule has 0 atom stereocenters. The molecular weight excluding hydrogens is 536 g/mol. The smallest absolute Gasteiger partial charge is 0.264 e. The molecule has 9 nitrogen and oxygen atoms in total. The molecule has 1 aromatic heterocycles. The summed E-state index contributed by atoms with van der Waals surface area (Å²) < 4.78 is 55.3. The van der Waals surface area contributed by atoms with E-state index in [1.165, 1.54) is 60.9 Å². The van der Waals surface area contributed by atoms with Crippen LogP contribution >= 0.6 is 11.6 Å². The first-order chi connectivity index (χ1) is 17.6. The number of rotatable bonds is 9. The largest absolute Gasteiger partial charge is 0.325 e. The number of carbonyl (C=O) groups is 1. The van der Waals surface area contributed by atoms with E-state index in [2.05, 4.69) is 15.0 Å². The minimum Gasteiger partial charge on any atom is -0.325 e. The van der Waals surface area contributed by atoms with E-state index in [1.807, 2.05) is 0 Å². The molecule has 0 aliphatic carbocycles. The second-order valence-electron chi connectivity index (χ2n) is 7.72. The predicted octanol–water partition coefficient (Wildman–Crippen LogP) is 4.37. The molecular formula is C25H21ClN4O5S2. The summed E-state index contributed by atoms with van der Waals surface area (Å²) in [7, 11) is -7.96. The molecule has 1 amide bonds. The molecule has 3 aromatic carbocycles. The zero-order valence-corrected chi connectivity index (χ0v) is 21.5. The highest BCUT2D eigenvalue weighted by Crippen LogP contribution is 2.25. The lowest BCUT2D eigenvalue weighted by Crippen LogP contribution is -2.38. The molecule has 1 heterocycles. The summed E-state index contributed by atoms with van der Waals surface area (Å²) in [5.74, 6) is -0.620. The number of aromatic nitrogens is 1. The number of nitrogens with zero attached hydrogens (tertiary/aromatic N) is 2. The highest BCUT2D eigenvalue weighted by Gasteiger charge is 2.27. The SMILES string of the molecule is O=C(CN(c1ccccc1)S(=O)(=O)c1ccc(Cl)cc1)Nc1ccc(S(=O)(=O)Nc2cccnc2)cc1.